The summed E-state index contributed by atoms with van der Waals surface area (Å²) in [6.07, 6.45) is 8.04. The van der Waals surface area contributed by atoms with Gasteiger partial charge >= 0.3 is 5.97 Å². The number of pyridine rings is 1. The molecule has 0 saturated heterocycles. The Kier molecular flexibility index (Phi) is 9.39. The second kappa shape index (κ2) is 12.9. The number of hydrogen-bond acceptors (Lipinski definition) is 7. The molecule has 1 aliphatic heterocycles. The van der Waals surface area contributed by atoms with Gasteiger partial charge in [-0.05, 0) is 62.3 Å². The SMILES string of the molecule is CCOC(=O)c1cn2c(cc1=O)-c1cc(OC)c(OCCCCCCCC(C)=O)cc1CC2c1cccs1. The fourth-order valence-corrected chi connectivity index (χ4v) is 5.71. The van der Waals surface area contributed by atoms with E-state index in [1.165, 1.54) is 6.07 Å². The molecular formula is C30H35NO6S. The Morgan fingerprint density at radius 1 is 1.08 bits per heavy atom. The zero-order valence-electron chi connectivity index (χ0n) is 22.3. The molecule has 1 unspecified atom stereocenters. The summed E-state index contributed by atoms with van der Waals surface area (Å²) >= 11 is 1.64. The van der Waals surface area contributed by atoms with E-state index in [1.54, 1.807) is 38.5 Å². The second-order valence-electron chi connectivity index (χ2n) is 9.53. The summed E-state index contributed by atoms with van der Waals surface area (Å²) < 4.78 is 19.0. The zero-order valence-corrected chi connectivity index (χ0v) is 23.1. The molecule has 0 N–H and O–H groups in total. The number of methoxy groups -OCH3 is 1. The first-order chi connectivity index (χ1) is 18.4. The van der Waals surface area contributed by atoms with E-state index in [4.69, 9.17) is 14.2 Å². The van der Waals surface area contributed by atoms with Gasteiger partial charge in [0.1, 0.15) is 11.3 Å². The molecule has 8 heteroatoms. The number of ether oxygens (including phenoxy) is 3. The summed E-state index contributed by atoms with van der Waals surface area (Å²) in [4.78, 5) is 37.6. The number of fused-ring (bicyclic) bond motifs is 3. The molecule has 202 valence electrons. The Labute approximate surface area is 227 Å². The van der Waals surface area contributed by atoms with Crippen molar-refractivity contribution in [3.63, 3.8) is 0 Å². The van der Waals surface area contributed by atoms with Gasteiger partial charge in [-0.25, -0.2) is 4.79 Å². The van der Waals surface area contributed by atoms with Crippen LogP contribution in [0.4, 0.5) is 0 Å². The lowest BCUT2D eigenvalue weighted by molar-refractivity contribution is -0.117. The quantitative estimate of drug-likeness (QED) is 0.190. The predicted octanol–water partition coefficient (Wildman–Crippen LogP) is 6.22. The summed E-state index contributed by atoms with van der Waals surface area (Å²) in [6, 6.07) is 9.48. The van der Waals surface area contributed by atoms with Gasteiger partial charge in [0.25, 0.3) is 0 Å². The number of aromatic nitrogens is 1. The van der Waals surface area contributed by atoms with Gasteiger partial charge in [-0.1, -0.05) is 25.3 Å². The number of carbonyl (C=O) groups is 2. The van der Waals surface area contributed by atoms with Crippen molar-refractivity contribution in [3.05, 3.63) is 68.1 Å². The highest BCUT2D eigenvalue weighted by Gasteiger charge is 2.29. The number of thiophene rings is 1. The number of carbonyl (C=O) groups excluding carboxylic acids is 2. The van der Waals surface area contributed by atoms with Crippen molar-refractivity contribution in [2.45, 2.75) is 64.8 Å². The standard InChI is InChI=1S/C30H35NO6S/c1-4-36-30(34)23-19-31-24(18-26(23)33)22-17-27(35-3)28(37-13-9-7-5-6-8-11-20(2)32)16-21(22)15-25(31)29-12-10-14-38-29/h10,12,14,16-19,25H,4-9,11,13,15H2,1-3H3. The Balaban J connectivity index is 1.59. The molecule has 0 fully saturated rings. The third-order valence-electron chi connectivity index (χ3n) is 6.79. The van der Waals surface area contributed by atoms with Crippen LogP contribution in [0.5, 0.6) is 11.5 Å². The molecule has 1 atom stereocenters. The lowest BCUT2D eigenvalue weighted by Crippen LogP contribution is -2.26. The summed E-state index contributed by atoms with van der Waals surface area (Å²) in [5.74, 6) is 0.935. The number of hydrogen-bond donors (Lipinski definition) is 0. The molecule has 1 aliphatic rings. The second-order valence-corrected chi connectivity index (χ2v) is 10.5. The van der Waals surface area contributed by atoms with Gasteiger partial charge in [0.15, 0.2) is 16.9 Å². The van der Waals surface area contributed by atoms with Crippen LogP contribution >= 0.6 is 11.3 Å². The molecular weight excluding hydrogens is 502 g/mol. The molecule has 0 aliphatic carbocycles. The van der Waals surface area contributed by atoms with Crippen molar-refractivity contribution in [1.82, 2.24) is 4.57 Å². The highest BCUT2D eigenvalue weighted by Crippen LogP contribution is 2.43. The van der Waals surface area contributed by atoms with Crippen molar-refractivity contribution < 1.29 is 23.8 Å². The van der Waals surface area contributed by atoms with Crippen molar-refractivity contribution in [2.24, 2.45) is 0 Å². The first-order valence-electron chi connectivity index (χ1n) is 13.2. The van der Waals surface area contributed by atoms with Crippen LogP contribution in [-0.4, -0.2) is 36.6 Å². The number of benzene rings is 1. The highest BCUT2D eigenvalue weighted by molar-refractivity contribution is 7.10. The fourth-order valence-electron chi connectivity index (χ4n) is 4.88. The van der Waals surface area contributed by atoms with E-state index in [0.29, 0.717) is 30.9 Å². The average molecular weight is 538 g/mol. The smallest absolute Gasteiger partial charge is 0.343 e. The van der Waals surface area contributed by atoms with Crippen LogP contribution in [-0.2, 0) is 16.0 Å². The largest absolute Gasteiger partial charge is 0.493 e. The van der Waals surface area contributed by atoms with Crippen LogP contribution in [0.15, 0.2) is 46.7 Å². The van der Waals surface area contributed by atoms with E-state index < -0.39 is 5.97 Å². The number of ketones is 1. The van der Waals surface area contributed by atoms with E-state index >= 15 is 0 Å². The fraction of sp³-hybridized carbons (Fsp3) is 0.433. The lowest BCUT2D eigenvalue weighted by atomic mass is 9.91. The van der Waals surface area contributed by atoms with E-state index in [-0.39, 0.29) is 29.4 Å². The molecule has 3 heterocycles. The molecule has 0 amide bonds. The van der Waals surface area contributed by atoms with Gasteiger partial charge in [0.05, 0.1) is 32.1 Å². The molecule has 7 nitrogen and oxygen atoms in total. The number of nitrogens with zero attached hydrogens (tertiary/aromatic N) is 1. The average Bonchev–Trinajstić information content (AvgIpc) is 3.43. The van der Waals surface area contributed by atoms with E-state index in [2.05, 4.69) is 6.07 Å². The maximum atomic E-state index is 12.9. The first kappa shape index (κ1) is 27.6. The van der Waals surface area contributed by atoms with Crippen LogP contribution in [0.2, 0.25) is 0 Å². The molecule has 0 saturated carbocycles. The van der Waals surface area contributed by atoms with Gasteiger partial charge in [0.2, 0.25) is 0 Å². The maximum Gasteiger partial charge on any atom is 0.343 e. The summed E-state index contributed by atoms with van der Waals surface area (Å²) in [5.41, 5.74) is 2.36. The molecule has 3 aromatic rings. The van der Waals surface area contributed by atoms with Crippen molar-refractivity contribution in [2.75, 3.05) is 20.3 Å². The third-order valence-corrected chi connectivity index (χ3v) is 7.77. The molecule has 38 heavy (non-hydrogen) atoms. The van der Waals surface area contributed by atoms with Gasteiger partial charge in [-0.3, -0.25) is 4.79 Å². The van der Waals surface area contributed by atoms with E-state index in [9.17, 15) is 14.4 Å². The summed E-state index contributed by atoms with van der Waals surface area (Å²) in [5, 5.41) is 2.03. The summed E-state index contributed by atoms with van der Waals surface area (Å²) in [6.45, 7) is 4.15. The number of rotatable bonds is 13. The normalized spacial score (nSPS) is 13.9. The molecule has 0 radical (unpaired) electrons. The Bertz CT molecular complexity index is 1330. The van der Waals surface area contributed by atoms with Gasteiger partial charge in [-0.2, -0.15) is 0 Å². The number of esters is 1. The molecule has 4 rings (SSSR count). The minimum atomic E-state index is -0.608. The molecule has 1 aromatic carbocycles. The van der Waals surface area contributed by atoms with Crippen LogP contribution in [0.25, 0.3) is 11.3 Å². The first-order valence-corrected chi connectivity index (χ1v) is 14.1. The number of unbranched alkanes of at least 4 members (excludes halogenated alkanes) is 4. The predicted molar refractivity (Wildman–Crippen MR) is 149 cm³/mol. The maximum absolute atomic E-state index is 12.9. The van der Waals surface area contributed by atoms with E-state index in [0.717, 1.165) is 53.8 Å². The third kappa shape index (κ3) is 6.35. The molecule has 0 spiro atoms. The topological polar surface area (TPSA) is 83.8 Å². The van der Waals surface area contributed by atoms with E-state index in [1.807, 2.05) is 28.1 Å². The van der Waals surface area contributed by atoms with Gasteiger partial charge in [-0.15, -0.1) is 11.3 Å². The van der Waals surface area contributed by atoms with Crippen molar-refractivity contribution >= 4 is 23.1 Å². The summed E-state index contributed by atoms with van der Waals surface area (Å²) in [7, 11) is 1.61. The van der Waals surface area contributed by atoms with Gasteiger partial charge in [0, 0.05) is 29.1 Å². The van der Waals surface area contributed by atoms with Crippen LogP contribution in [0, 0.1) is 0 Å². The Morgan fingerprint density at radius 3 is 2.58 bits per heavy atom. The highest BCUT2D eigenvalue weighted by atomic mass is 32.1. The number of Topliss-reactive ketones (excluding diaryl/α,β-unsaturated/α-hetero) is 1. The van der Waals surface area contributed by atoms with Crippen LogP contribution < -0.4 is 14.9 Å². The lowest BCUT2D eigenvalue weighted by Gasteiger charge is -2.31. The van der Waals surface area contributed by atoms with Crippen LogP contribution in [0.1, 0.15) is 79.2 Å². The monoisotopic (exact) mass is 537 g/mol. The Morgan fingerprint density at radius 2 is 1.87 bits per heavy atom. The van der Waals surface area contributed by atoms with Crippen molar-refractivity contribution in [3.8, 4) is 22.8 Å². The zero-order chi connectivity index (χ0) is 27.1. The van der Waals surface area contributed by atoms with Crippen LogP contribution in [0.3, 0.4) is 0 Å². The minimum absolute atomic E-state index is 0.0359. The minimum Gasteiger partial charge on any atom is -0.493 e. The molecule has 0 bridgehead atoms. The molecule has 2 aromatic heterocycles. The van der Waals surface area contributed by atoms with Gasteiger partial charge < -0.3 is 23.6 Å². The van der Waals surface area contributed by atoms with Crippen molar-refractivity contribution in [1.29, 1.82) is 0 Å². The Hall–Kier alpha value is -3.39.